The summed E-state index contributed by atoms with van der Waals surface area (Å²) in [7, 11) is -2.51. The second-order valence-electron chi connectivity index (χ2n) is 4.37. The van der Waals surface area contributed by atoms with E-state index < -0.39 is 21.7 Å². The molecule has 0 amide bonds. The summed E-state index contributed by atoms with van der Waals surface area (Å²) >= 11 is 3.19. The summed E-state index contributed by atoms with van der Waals surface area (Å²) in [6.45, 7) is -0.171. The molecule has 0 aliphatic carbocycles. The monoisotopic (exact) mass is 391 g/mol. The zero-order valence-electron chi connectivity index (χ0n) is 11.4. The molecule has 1 N–H and O–H groups in total. The number of benzene rings is 2. The largest absolute Gasteiger partial charge is 0.495 e. The first-order valence-corrected chi connectivity index (χ1v) is 8.38. The van der Waals surface area contributed by atoms with Gasteiger partial charge in [0.2, 0.25) is 10.0 Å². The summed E-state index contributed by atoms with van der Waals surface area (Å²) < 4.78 is 58.5. The summed E-state index contributed by atoms with van der Waals surface area (Å²) in [5.41, 5.74) is 0.302. The van der Waals surface area contributed by atoms with Gasteiger partial charge in [-0.25, -0.2) is 21.9 Å². The lowest BCUT2D eigenvalue weighted by molar-refractivity contribution is 0.402. The number of hydrogen-bond donors (Lipinski definition) is 1. The van der Waals surface area contributed by atoms with Gasteiger partial charge >= 0.3 is 0 Å². The van der Waals surface area contributed by atoms with Gasteiger partial charge in [0.1, 0.15) is 10.6 Å². The summed E-state index contributed by atoms with van der Waals surface area (Å²) in [4.78, 5) is -0.0491. The molecule has 0 aliphatic rings. The quantitative estimate of drug-likeness (QED) is 0.851. The van der Waals surface area contributed by atoms with Crippen molar-refractivity contribution in [2.75, 3.05) is 7.11 Å². The van der Waals surface area contributed by atoms with E-state index >= 15 is 0 Å². The van der Waals surface area contributed by atoms with Crippen LogP contribution >= 0.6 is 15.9 Å². The molecule has 22 heavy (non-hydrogen) atoms. The zero-order valence-corrected chi connectivity index (χ0v) is 13.8. The number of ether oxygens (including phenoxy) is 1. The molecule has 0 spiro atoms. The van der Waals surface area contributed by atoms with Gasteiger partial charge in [-0.3, -0.25) is 0 Å². The minimum Gasteiger partial charge on any atom is -0.495 e. The number of methoxy groups -OCH3 is 1. The number of sulfonamides is 1. The highest BCUT2D eigenvalue weighted by Gasteiger charge is 2.19. The first-order valence-electron chi connectivity index (χ1n) is 6.10. The standard InChI is InChI=1S/C14H12BrF2NO3S/c1-21-13-5-3-10(15)7-14(13)22(19,20)18-8-9-2-4-11(16)12(17)6-9/h2-7,18H,8H2,1H3. The zero-order chi connectivity index (χ0) is 16.3. The van der Waals surface area contributed by atoms with Crippen LogP contribution in [0.3, 0.4) is 0 Å². The molecule has 2 aromatic rings. The molecule has 0 saturated carbocycles. The average molecular weight is 392 g/mol. The Balaban J connectivity index is 2.24. The van der Waals surface area contributed by atoms with Crippen molar-refractivity contribution in [1.82, 2.24) is 4.72 Å². The fourth-order valence-corrected chi connectivity index (χ4v) is 3.49. The van der Waals surface area contributed by atoms with Crippen molar-refractivity contribution in [2.24, 2.45) is 0 Å². The lowest BCUT2D eigenvalue weighted by Gasteiger charge is -2.11. The smallest absolute Gasteiger partial charge is 0.244 e. The Kier molecular flexibility index (Phi) is 5.15. The van der Waals surface area contributed by atoms with Crippen LogP contribution in [-0.2, 0) is 16.6 Å². The van der Waals surface area contributed by atoms with E-state index in [1.807, 2.05) is 0 Å². The van der Waals surface area contributed by atoms with Crippen molar-refractivity contribution in [3.8, 4) is 5.75 Å². The van der Waals surface area contributed by atoms with Gasteiger partial charge in [0.15, 0.2) is 11.6 Å². The third-order valence-electron chi connectivity index (χ3n) is 2.87. The first kappa shape index (κ1) is 16.9. The van der Waals surface area contributed by atoms with Crippen molar-refractivity contribution >= 4 is 26.0 Å². The van der Waals surface area contributed by atoms with Gasteiger partial charge in [0, 0.05) is 11.0 Å². The van der Waals surface area contributed by atoms with Gasteiger partial charge in [-0.1, -0.05) is 22.0 Å². The van der Waals surface area contributed by atoms with Gasteiger partial charge in [0.05, 0.1) is 7.11 Å². The molecule has 0 fully saturated rings. The molecule has 2 aromatic carbocycles. The number of hydrogen-bond acceptors (Lipinski definition) is 3. The highest BCUT2D eigenvalue weighted by atomic mass is 79.9. The Hall–Kier alpha value is -1.51. The third kappa shape index (κ3) is 3.82. The van der Waals surface area contributed by atoms with E-state index in [1.54, 1.807) is 6.07 Å². The van der Waals surface area contributed by atoms with Crippen LogP contribution in [0.2, 0.25) is 0 Å². The second-order valence-corrected chi connectivity index (χ2v) is 7.02. The minimum absolute atomic E-state index is 0.0491. The SMILES string of the molecule is COc1ccc(Br)cc1S(=O)(=O)NCc1ccc(F)c(F)c1. The molecular formula is C14H12BrF2NO3S. The number of rotatable bonds is 5. The Labute approximate surface area is 135 Å². The van der Waals surface area contributed by atoms with Crippen molar-refractivity contribution in [2.45, 2.75) is 11.4 Å². The van der Waals surface area contributed by atoms with E-state index in [0.717, 1.165) is 12.1 Å². The molecule has 118 valence electrons. The van der Waals surface area contributed by atoms with Crippen LogP contribution in [0.1, 0.15) is 5.56 Å². The normalized spacial score (nSPS) is 11.5. The molecule has 0 aromatic heterocycles. The molecule has 8 heteroatoms. The fourth-order valence-electron chi connectivity index (χ4n) is 1.77. The highest BCUT2D eigenvalue weighted by molar-refractivity contribution is 9.10. The predicted octanol–water partition coefficient (Wildman–Crippen LogP) is 3.21. The summed E-state index contributed by atoms with van der Waals surface area (Å²) in [5.74, 6) is -1.84. The Morgan fingerprint density at radius 1 is 1.14 bits per heavy atom. The second kappa shape index (κ2) is 6.72. The minimum atomic E-state index is -3.87. The van der Waals surface area contributed by atoms with Crippen LogP contribution < -0.4 is 9.46 Å². The Morgan fingerprint density at radius 2 is 1.86 bits per heavy atom. The van der Waals surface area contributed by atoms with E-state index in [2.05, 4.69) is 20.7 Å². The third-order valence-corrected chi connectivity index (χ3v) is 4.78. The molecule has 4 nitrogen and oxygen atoms in total. The van der Waals surface area contributed by atoms with Gasteiger partial charge in [-0.05, 0) is 35.9 Å². The van der Waals surface area contributed by atoms with E-state index in [0.29, 0.717) is 10.0 Å². The van der Waals surface area contributed by atoms with Gasteiger partial charge in [-0.15, -0.1) is 0 Å². The van der Waals surface area contributed by atoms with Crippen LogP contribution in [0.15, 0.2) is 45.8 Å². The lowest BCUT2D eigenvalue weighted by atomic mass is 10.2. The fraction of sp³-hybridized carbons (Fsp3) is 0.143. The predicted molar refractivity (Wildman–Crippen MR) is 81.1 cm³/mol. The highest BCUT2D eigenvalue weighted by Crippen LogP contribution is 2.27. The van der Waals surface area contributed by atoms with Crippen molar-refractivity contribution < 1.29 is 21.9 Å². The molecule has 0 bridgehead atoms. The summed E-state index contributed by atoms with van der Waals surface area (Å²) in [5, 5.41) is 0. The molecule has 0 unspecified atom stereocenters. The molecule has 2 rings (SSSR count). The van der Waals surface area contributed by atoms with Crippen LogP contribution in [0.4, 0.5) is 8.78 Å². The van der Waals surface area contributed by atoms with Gasteiger partial charge < -0.3 is 4.74 Å². The van der Waals surface area contributed by atoms with Gasteiger partial charge in [0.25, 0.3) is 0 Å². The molecular weight excluding hydrogens is 380 g/mol. The van der Waals surface area contributed by atoms with Crippen molar-refractivity contribution in [3.05, 3.63) is 58.1 Å². The molecule has 0 aliphatic heterocycles. The summed E-state index contributed by atoms with van der Waals surface area (Å²) in [6, 6.07) is 7.74. The van der Waals surface area contributed by atoms with Crippen LogP contribution in [0, 0.1) is 11.6 Å². The topological polar surface area (TPSA) is 55.4 Å². The number of nitrogens with one attached hydrogen (secondary N) is 1. The maximum Gasteiger partial charge on any atom is 0.244 e. The van der Waals surface area contributed by atoms with Crippen LogP contribution in [0.5, 0.6) is 5.75 Å². The summed E-state index contributed by atoms with van der Waals surface area (Å²) in [6.07, 6.45) is 0. The molecule has 0 atom stereocenters. The lowest BCUT2D eigenvalue weighted by Crippen LogP contribution is -2.24. The van der Waals surface area contributed by atoms with E-state index in [-0.39, 0.29) is 17.2 Å². The van der Waals surface area contributed by atoms with Crippen molar-refractivity contribution in [3.63, 3.8) is 0 Å². The Bertz CT molecular complexity index is 797. The molecule has 0 saturated heterocycles. The van der Waals surface area contributed by atoms with Crippen LogP contribution in [-0.4, -0.2) is 15.5 Å². The maximum atomic E-state index is 13.1. The molecule has 0 radical (unpaired) electrons. The van der Waals surface area contributed by atoms with E-state index in [1.165, 1.54) is 25.3 Å². The van der Waals surface area contributed by atoms with E-state index in [9.17, 15) is 17.2 Å². The van der Waals surface area contributed by atoms with Gasteiger partial charge in [-0.2, -0.15) is 0 Å². The number of halogens is 3. The van der Waals surface area contributed by atoms with Crippen LogP contribution in [0.25, 0.3) is 0 Å². The Morgan fingerprint density at radius 3 is 2.50 bits per heavy atom. The van der Waals surface area contributed by atoms with E-state index in [4.69, 9.17) is 4.74 Å². The maximum absolute atomic E-state index is 13.1. The average Bonchev–Trinajstić information content (AvgIpc) is 2.48. The first-order chi connectivity index (χ1) is 10.3. The van der Waals surface area contributed by atoms with Crippen molar-refractivity contribution in [1.29, 1.82) is 0 Å². The molecule has 0 heterocycles.